The Hall–Kier alpha value is -3.42. The van der Waals surface area contributed by atoms with E-state index >= 15 is 0 Å². The minimum atomic E-state index is -0.114. The third-order valence-corrected chi connectivity index (χ3v) is 4.30. The molecule has 3 aromatic rings. The van der Waals surface area contributed by atoms with Crippen molar-refractivity contribution in [3.05, 3.63) is 61.3 Å². The van der Waals surface area contributed by atoms with Crippen LogP contribution in [0.25, 0.3) is 5.69 Å². The van der Waals surface area contributed by atoms with E-state index in [4.69, 9.17) is 0 Å². The third-order valence-electron chi connectivity index (χ3n) is 4.30. The van der Waals surface area contributed by atoms with Gasteiger partial charge >= 0.3 is 6.03 Å². The molecule has 1 fully saturated rings. The molecule has 1 aliphatic heterocycles. The van der Waals surface area contributed by atoms with Crippen molar-refractivity contribution in [3.63, 3.8) is 0 Å². The number of nitrogens with one attached hydrogen (secondary N) is 1. The molecule has 1 aliphatic rings. The number of nitrogens with zero attached hydrogens (tertiary/aromatic N) is 6. The second kappa shape index (κ2) is 7.22. The van der Waals surface area contributed by atoms with Crippen molar-refractivity contribution >= 4 is 17.5 Å². The maximum atomic E-state index is 12.5. The minimum Gasteiger partial charge on any atom is -0.352 e. The highest BCUT2D eigenvalue weighted by atomic mass is 16.2. The van der Waals surface area contributed by atoms with Gasteiger partial charge in [-0.25, -0.2) is 14.5 Å². The zero-order valence-corrected chi connectivity index (χ0v) is 14.2. The van der Waals surface area contributed by atoms with Crippen molar-refractivity contribution in [2.24, 2.45) is 0 Å². The van der Waals surface area contributed by atoms with E-state index in [1.165, 1.54) is 0 Å². The normalized spacial score (nSPS) is 14.3. The van der Waals surface area contributed by atoms with Gasteiger partial charge in [-0.3, -0.25) is 4.98 Å². The first kappa shape index (κ1) is 16.1. The molecule has 4 rings (SSSR count). The van der Waals surface area contributed by atoms with Crippen LogP contribution in [0.5, 0.6) is 0 Å². The molecule has 26 heavy (non-hydrogen) atoms. The standard InChI is InChI=1S/C18H19N7O/c26-18(22-15-12-21-25(14-15)16-4-2-1-3-5-16)24-10-8-23(9-11-24)17-13-19-6-7-20-17/h1-7,12-14H,8-11H2,(H,22,26). The van der Waals surface area contributed by atoms with Gasteiger partial charge in [0.25, 0.3) is 0 Å². The molecule has 2 aromatic heterocycles. The summed E-state index contributed by atoms with van der Waals surface area (Å²) in [5.41, 5.74) is 1.63. The fourth-order valence-corrected chi connectivity index (χ4v) is 2.90. The summed E-state index contributed by atoms with van der Waals surface area (Å²) in [5.74, 6) is 0.844. The number of benzene rings is 1. The Bertz CT molecular complexity index is 858. The van der Waals surface area contributed by atoms with E-state index in [9.17, 15) is 4.79 Å². The van der Waals surface area contributed by atoms with E-state index in [1.54, 1.807) is 34.4 Å². The molecular weight excluding hydrogens is 330 g/mol. The van der Waals surface area contributed by atoms with Crippen molar-refractivity contribution in [1.29, 1.82) is 0 Å². The lowest BCUT2D eigenvalue weighted by atomic mass is 10.3. The lowest BCUT2D eigenvalue weighted by molar-refractivity contribution is 0.208. The topological polar surface area (TPSA) is 79.2 Å². The van der Waals surface area contributed by atoms with Crippen molar-refractivity contribution < 1.29 is 4.79 Å². The molecule has 1 N–H and O–H groups in total. The van der Waals surface area contributed by atoms with Crippen LogP contribution in [0, 0.1) is 0 Å². The summed E-state index contributed by atoms with van der Waals surface area (Å²) in [4.78, 5) is 24.8. The third kappa shape index (κ3) is 3.49. The predicted octanol–water partition coefficient (Wildman–Crippen LogP) is 2.02. The number of urea groups is 1. The molecule has 8 heteroatoms. The fourth-order valence-electron chi connectivity index (χ4n) is 2.90. The molecule has 0 atom stereocenters. The summed E-state index contributed by atoms with van der Waals surface area (Å²) >= 11 is 0. The Morgan fingerprint density at radius 1 is 1.00 bits per heavy atom. The van der Waals surface area contributed by atoms with Gasteiger partial charge in [0.2, 0.25) is 0 Å². The van der Waals surface area contributed by atoms with Crippen LogP contribution >= 0.6 is 0 Å². The van der Waals surface area contributed by atoms with Gasteiger partial charge in [0.15, 0.2) is 0 Å². The highest BCUT2D eigenvalue weighted by molar-refractivity contribution is 5.89. The number of para-hydroxylation sites is 1. The van der Waals surface area contributed by atoms with Crippen molar-refractivity contribution in [2.45, 2.75) is 0 Å². The van der Waals surface area contributed by atoms with Crippen molar-refractivity contribution in [1.82, 2.24) is 24.6 Å². The van der Waals surface area contributed by atoms with Crippen LogP contribution in [-0.4, -0.2) is 56.9 Å². The summed E-state index contributed by atoms with van der Waals surface area (Å²) < 4.78 is 1.74. The molecule has 2 amide bonds. The predicted molar refractivity (Wildman–Crippen MR) is 98.4 cm³/mol. The van der Waals surface area contributed by atoms with E-state index in [0.29, 0.717) is 18.8 Å². The Morgan fingerprint density at radius 3 is 2.54 bits per heavy atom. The van der Waals surface area contributed by atoms with Crippen molar-refractivity contribution in [3.8, 4) is 5.69 Å². The molecule has 0 unspecified atom stereocenters. The van der Waals surface area contributed by atoms with Crippen LogP contribution in [0.1, 0.15) is 0 Å². The first-order valence-corrected chi connectivity index (χ1v) is 8.46. The van der Waals surface area contributed by atoms with Gasteiger partial charge < -0.3 is 15.1 Å². The van der Waals surface area contributed by atoms with Gasteiger partial charge in [0.05, 0.1) is 30.0 Å². The maximum absolute atomic E-state index is 12.5. The molecule has 132 valence electrons. The van der Waals surface area contributed by atoms with Gasteiger partial charge in [-0.05, 0) is 12.1 Å². The van der Waals surface area contributed by atoms with Crippen LogP contribution in [-0.2, 0) is 0 Å². The highest BCUT2D eigenvalue weighted by Gasteiger charge is 2.22. The van der Waals surface area contributed by atoms with E-state index in [0.717, 1.165) is 24.6 Å². The molecule has 8 nitrogen and oxygen atoms in total. The molecule has 0 aliphatic carbocycles. The van der Waals surface area contributed by atoms with E-state index < -0.39 is 0 Å². The lowest BCUT2D eigenvalue weighted by Crippen LogP contribution is -2.50. The van der Waals surface area contributed by atoms with Crippen LogP contribution in [0.2, 0.25) is 0 Å². The van der Waals surface area contributed by atoms with Gasteiger partial charge in [-0.1, -0.05) is 18.2 Å². The average Bonchev–Trinajstić information content (AvgIpc) is 3.18. The van der Waals surface area contributed by atoms with Gasteiger partial charge in [0, 0.05) is 38.6 Å². The lowest BCUT2D eigenvalue weighted by Gasteiger charge is -2.35. The van der Waals surface area contributed by atoms with Crippen LogP contribution in [0.3, 0.4) is 0 Å². The quantitative estimate of drug-likeness (QED) is 0.782. The molecule has 0 saturated carbocycles. The van der Waals surface area contributed by atoms with Gasteiger partial charge in [-0.15, -0.1) is 0 Å². The van der Waals surface area contributed by atoms with Gasteiger partial charge in [0.1, 0.15) is 5.82 Å². The second-order valence-corrected chi connectivity index (χ2v) is 5.98. The summed E-state index contributed by atoms with van der Waals surface area (Å²) in [7, 11) is 0. The Morgan fingerprint density at radius 2 is 1.81 bits per heavy atom. The second-order valence-electron chi connectivity index (χ2n) is 5.98. The Labute approximate surface area is 151 Å². The summed E-state index contributed by atoms with van der Waals surface area (Å²) in [5, 5.41) is 7.21. The van der Waals surface area contributed by atoms with E-state index in [2.05, 4.69) is 25.3 Å². The molecule has 0 spiro atoms. The number of hydrogen-bond donors (Lipinski definition) is 1. The smallest absolute Gasteiger partial charge is 0.322 e. The first-order valence-electron chi connectivity index (χ1n) is 8.46. The summed E-state index contributed by atoms with van der Waals surface area (Å²) in [6.45, 7) is 2.73. The Kier molecular flexibility index (Phi) is 4.46. The zero-order valence-electron chi connectivity index (χ0n) is 14.2. The monoisotopic (exact) mass is 349 g/mol. The van der Waals surface area contributed by atoms with E-state index in [1.807, 2.05) is 36.5 Å². The highest BCUT2D eigenvalue weighted by Crippen LogP contribution is 2.14. The van der Waals surface area contributed by atoms with Gasteiger partial charge in [-0.2, -0.15) is 5.10 Å². The number of anilines is 2. The SMILES string of the molecule is O=C(Nc1cnn(-c2ccccc2)c1)N1CCN(c2cnccn2)CC1. The molecule has 0 radical (unpaired) electrons. The van der Waals surface area contributed by atoms with Crippen LogP contribution in [0.15, 0.2) is 61.3 Å². The number of amides is 2. The minimum absolute atomic E-state index is 0.114. The molecule has 1 saturated heterocycles. The number of rotatable bonds is 3. The largest absolute Gasteiger partial charge is 0.352 e. The van der Waals surface area contributed by atoms with Crippen molar-refractivity contribution in [2.75, 3.05) is 36.4 Å². The Balaban J connectivity index is 1.34. The summed E-state index contributed by atoms with van der Waals surface area (Å²) in [6.07, 6.45) is 8.54. The molecule has 3 heterocycles. The molecule has 0 bridgehead atoms. The summed E-state index contributed by atoms with van der Waals surface area (Å²) in [6, 6.07) is 9.67. The number of piperazine rings is 1. The van der Waals surface area contributed by atoms with Crippen LogP contribution < -0.4 is 10.2 Å². The van der Waals surface area contributed by atoms with Crippen LogP contribution in [0.4, 0.5) is 16.3 Å². The number of carbonyl (C=O) groups is 1. The first-order chi connectivity index (χ1) is 12.8. The fraction of sp³-hybridized carbons (Fsp3) is 0.222. The number of aromatic nitrogens is 4. The van der Waals surface area contributed by atoms with E-state index in [-0.39, 0.29) is 6.03 Å². The molecular formula is C18H19N7O. The number of hydrogen-bond acceptors (Lipinski definition) is 5. The molecule has 1 aromatic carbocycles. The maximum Gasteiger partial charge on any atom is 0.322 e. The zero-order chi connectivity index (χ0) is 17.8. The number of carbonyl (C=O) groups excluding carboxylic acids is 1. The average molecular weight is 349 g/mol.